The predicted octanol–water partition coefficient (Wildman–Crippen LogP) is 3.56. The molecule has 0 radical (unpaired) electrons. The van der Waals surface area contributed by atoms with E-state index in [0.29, 0.717) is 6.61 Å². The number of hydrogen-bond donors (Lipinski definition) is 2. The van der Waals surface area contributed by atoms with Gasteiger partial charge in [-0.1, -0.05) is 52.3 Å². The molecule has 4 heteroatoms. The highest BCUT2D eigenvalue weighted by Gasteiger charge is 2.02. The van der Waals surface area contributed by atoms with E-state index in [4.69, 9.17) is 9.84 Å². The van der Waals surface area contributed by atoms with Gasteiger partial charge in [-0.15, -0.1) is 0 Å². The van der Waals surface area contributed by atoms with E-state index in [1.807, 2.05) is 48.5 Å². The zero-order valence-corrected chi connectivity index (χ0v) is 12.8. The van der Waals surface area contributed by atoms with Gasteiger partial charge in [-0.2, -0.15) is 0 Å². The average molecular weight is 336 g/mol. The fourth-order valence-corrected chi connectivity index (χ4v) is 2.02. The molecular weight excluding hydrogens is 318 g/mol. The van der Waals surface area contributed by atoms with Crippen molar-refractivity contribution in [2.24, 2.45) is 0 Å². The molecule has 2 N–H and O–H groups in total. The molecule has 0 fully saturated rings. The second kappa shape index (κ2) is 7.92. The van der Waals surface area contributed by atoms with Crippen molar-refractivity contribution in [2.75, 3.05) is 17.2 Å². The van der Waals surface area contributed by atoms with Gasteiger partial charge in [0.15, 0.2) is 0 Å². The number of halogens is 1. The van der Waals surface area contributed by atoms with Crippen LogP contribution in [0.5, 0.6) is 5.75 Å². The van der Waals surface area contributed by atoms with Crippen molar-refractivity contribution in [3.05, 3.63) is 59.7 Å². The Hall–Kier alpha value is -1.52. The van der Waals surface area contributed by atoms with Crippen LogP contribution in [-0.4, -0.2) is 17.0 Å². The van der Waals surface area contributed by atoms with E-state index < -0.39 is 0 Å². The Morgan fingerprint density at radius 1 is 1.00 bits per heavy atom. The Labute approximate surface area is 127 Å². The SMILES string of the molecule is OCc1ccc(COc2ccccc2NCCBr)cc1. The molecule has 0 spiro atoms. The number of rotatable bonds is 7. The molecule has 2 aromatic carbocycles. The van der Waals surface area contributed by atoms with Crippen LogP contribution in [0.25, 0.3) is 0 Å². The lowest BCUT2D eigenvalue weighted by molar-refractivity contribution is 0.281. The summed E-state index contributed by atoms with van der Waals surface area (Å²) in [4.78, 5) is 0. The van der Waals surface area contributed by atoms with Gasteiger partial charge in [-0.25, -0.2) is 0 Å². The summed E-state index contributed by atoms with van der Waals surface area (Å²) in [6, 6.07) is 15.7. The lowest BCUT2D eigenvalue weighted by atomic mass is 10.1. The molecule has 0 aliphatic carbocycles. The summed E-state index contributed by atoms with van der Waals surface area (Å²) in [7, 11) is 0. The molecule has 106 valence electrons. The summed E-state index contributed by atoms with van der Waals surface area (Å²) in [5.41, 5.74) is 2.99. The van der Waals surface area contributed by atoms with Gasteiger partial charge in [0.25, 0.3) is 0 Å². The molecule has 3 nitrogen and oxygen atoms in total. The van der Waals surface area contributed by atoms with Crippen LogP contribution < -0.4 is 10.1 Å². The van der Waals surface area contributed by atoms with E-state index in [1.165, 1.54) is 0 Å². The van der Waals surface area contributed by atoms with Crippen LogP contribution in [0.15, 0.2) is 48.5 Å². The Bertz CT molecular complexity index is 528. The number of benzene rings is 2. The van der Waals surface area contributed by atoms with Crippen molar-refractivity contribution >= 4 is 21.6 Å². The molecule has 0 saturated heterocycles. The summed E-state index contributed by atoms with van der Waals surface area (Å²) < 4.78 is 5.85. The first kappa shape index (κ1) is 14.9. The zero-order valence-electron chi connectivity index (χ0n) is 11.2. The highest BCUT2D eigenvalue weighted by Crippen LogP contribution is 2.24. The Balaban J connectivity index is 1.98. The van der Waals surface area contributed by atoms with E-state index >= 15 is 0 Å². The molecule has 0 heterocycles. The second-order valence-electron chi connectivity index (χ2n) is 4.38. The third kappa shape index (κ3) is 4.25. The number of aliphatic hydroxyl groups excluding tert-OH is 1. The first-order chi connectivity index (χ1) is 9.83. The molecule has 20 heavy (non-hydrogen) atoms. The van der Waals surface area contributed by atoms with Crippen LogP contribution in [0.3, 0.4) is 0 Å². The normalized spacial score (nSPS) is 10.3. The van der Waals surface area contributed by atoms with Crippen molar-refractivity contribution in [2.45, 2.75) is 13.2 Å². The topological polar surface area (TPSA) is 41.5 Å². The molecular formula is C16H18BrNO2. The Morgan fingerprint density at radius 2 is 1.70 bits per heavy atom. The summed E-state index contributed by atoms with van der Waals surface area (Å²) >= 11 is 3.40. The Kier molecular flexibility index (Phi) is 5.89. The maximum absolute atomic E-state index is 9.01. The van der Waals surface area contributed by atoms with Crippen molar-refractivity contribution in [1.29, 1.82) is 0 Å². The minimum atomic E-state index is 0.0699. The maximum Gasteiger partial charge on any atom is 0.142 e. The summed E-state index contributed by atoms with van der Waals surface area (Å²) in [6.45, 7) is 1.44. The van der Waals surface area contributed by atoms with E-state index in [2.05, 4.69) is 21.2 Å². The first-order valence-corrected chi connectivity index (χ1v) is 7.66. The molecule has 0 saturated carbocycles. The van der Waals surface area contributed by atoms with Gasteiger partial charge in [0, 0.05) is 11.9 Å². The molecule has 0 bridgehead atoms. The number of anilines is 1. The molecule has 0 aliphatic rings. The minimum absolute atomic E-state index is 0.0699. The summed E-state index contributed by atoms with van der Waals surface area (Å²) in [5.74, 6) is 0.847. The van der Waals surface area contributed by atoms with Gasteiger partial charge in [-0.3, -0.25) is 0 Å². The predicted molar refractivity (Wildman–Crippen MR) is 85.4 cm³/mol. The van der Waals surface area contributed by atoms with Gasteiger partial charge in [0.1, 0.15) is 12.4 Å². The van der Waals surface area contributed by atoms with Crippen LogP contribution in [-0.2, 0) is 13.2 Å². The van der Waals surface area contributed by atoms with E-state index in [1.54, 1.807) is 0 Å². The number of nitrogens with one attached hydrogen (secondary N) is 1. The molecule has 0 aliphatic heterocycles. The van der Waals surface area contributed by atoms with Crippen LogP contribution in [0.4, 0.5) is 5.69 Å². The number of ether oxygens (including phenoxy) is 1. The molecule has 0 unspecified atom stereocenters. The van der Waals surface area contributed by atoms with E-state index in [9.17, 15) is 0 Å². The number of hydrogen-bond acceptors (Lipinski definition) is 3. The summed E-state index contributed by atoms with van der Waals surface area (Å²) in [6.07, 6.45) is 0. The minimum Gasteiger partial charge on any atom is -0.487 e. The van der Waals surface area contributed by atoms with Gasteiger partial charge in [0.2, 0.25) is 0 Å². The fraction of sp³-hybridized carbons (Fsp3) is 0.250. The van der Waals surface area contributed by atoms with Crippen molar-refractivity contribution < 1.29 is 9.84 Å². The summed E-state index contributed by atoms with van der Waals surface area (Å²) in [5, 5.41) is 13.2. The zero-order chi connectivity index (χ0) is 14.2. The molecule has 0 amide bonds. The maximum atomic E-state index is 9.01. The number of alkyl halides is 1. The number of aliphatic hydroxyl groups is 1. The van der Waals surface area contributed by atoms with Gasteiger partial charge in [-0.05, 0) is 23.3 Å². The van der Waals surface area contributed by atoms with E-state index in [-0.39, 0.29) is 6.61 Å². The van der Waals surface area contributed by atoms with Crippen LogP contribution in [0.2, 0.25) is 0 Å². The van der Waals surface area contributed by atoms with Crippen LogP contribution in [0.1, 0.15) is 11.1 Å². The van der Waals surface area contributed by atoms with Crippen LogP contribution >= 0.6 is 15.9 Å². The second-order valence-corrected chi connectivity index (χ2v) is 5.17. The standard InChI is InChI=1S/C16H18BrNO2/c17-9-10-18-15-3-1-2-4-16(15)20-12-14-7-5-13(11-19)6-8-14/h1-8,18-19H,9-12H2. The van der Waals surface area contributed by atoms with Crippen LogP contribution in [0, 0.1) is 0 Å². The van der Waals surface area contributed by atoms with Crippen molar-refractivity contribution in [3.63, 3.8) is 0 Å². The fourth-order valence-electron chi connectivity index (χ4n) is 1.82. The lowest BCUT2D eigenvalue weighted by Gasteiger charge is -2.12. The first-order valence-electron chi connectivity index (χ1n) is 6.54. The third-order valence-electron chi connectivity index (χ3n) is 2.90. The molecule has 2 rings (SSSR count). The smallest absolute Gasteiger partial charge is 0.142 e. The van der Waals surface area contributed by atoms with Gasteiger partial charge < -0.3 is 15.2 Å². The van der Waals surface area contributed by atoms with Gasteiger partial charge >= 0.3 is 0 Å². The quantitative estimate of drug-likeness (QED) is 0.760. The number of para-hydroxylation sites is 2. The third-order valence-corrected chi connectivity index (χ3v) is 3.29. The lowest BCUT2D eigenvalue weighted by Crippen LogP contribution is -2.05. The Morgan fingerprint density at radius 3 is 2.40 bits per heavy atom. The molecule has 2 aromatic rings. The van der Waals surface area contributed by atoms with Crippen molar-refractivity contribution in [1.82, 2.24) is 0 Å². The van der Waals surface area contributed by atoms with E-state index in [0.717, 1.165) is 34.4 Å². The average Bonchev–Trinajstić information content (AvgIpc) is 2.52. The van der Waals surface area contributed by atoms with Gasteiger partial charge in [0.05, 0.1) is 12.3 Å². The monoisotopic (exact) mass is 335 g/mol. The van der Waals surface area contributed by atoms with Crippen molar-refractivity contribution in [3.8, 4) is 5.75 Å². The largest absolute Gasteiger partial charge is 0.487 e. The highest BCUT2D eigenvalue weighted by atomic mass is 79.9. The molecule has 0 atom stereocenters. The highest BCUT2D eigenvalue weighted by molar-refractivity contribution is 9.09. The molecule has 0 aromatic heterocycles.